The standard InChI is InChI=1S/C27H28N4O5S/c1-3-16-36-25-11-7-10-23(17-25)18-28-30-27(33)20-31(19-22-8-5-4-6-9-22)37(34,35)26-14-12-24(13-15-26)29-21(2)32/h3-15,17-18H,1,16,19-20H2,2H3,(H,29,32)(H,30,33)/b28-18-. The summed E-state index contributed by atoms with van der Waals surface area (Å²) in [7, 11) is -4.05. The molecule has 0 heterocycles. The minimum absolute atomic E-state index is 0.00910. The summed E-state index contributed by atoms with van der Waals surface area (Å²) in [6.45, 7) is 4.86. The lowest BCUT2D eigenvalue weighted by atomic mass is 10.2. The molecule has 0 aliphatic carbocycles. The summed E-state index contributed by atoms with van der Waals surface area (Å²) in [4.78, 5) is 23.9. The van der Waals surface area contributed by atoms with Crippen LogP contribution in [0, 0.1) is 0 Å². The van der Waals surface area contributed by atoms with Crippen molar-refractivity contribution in [1.82, 2.24) is 9.73 Å². The smallest absolute Gasteiger partial charge is 0.255 e. The molecule has 0 bridgehead atoms. The molecule has 9 nitrogen and oxygen atoms in total. The van der Waals surface area contributed by atoms with Crippen LogP contribution in [0.5, 0.6) is 5.75 Å². The Morgan fingerprint density at radius 2 is 1.76 bits per heavy atom. The summed E-state index contributed by atoms with van der Waals surface area (Å²) in [6.07, 6.45) is 3.07. The first-order valence-corrected chi connectivity index (χ1v) is 12.8. The van der Waals surface area contributed by atoms with E-state index < -0.39 is 22.5 Å². The molecule has 0 atom stereocenters. The van der Waals surface area contributed by atoms with Gasteiger partial charge in [-0.05, 0) is 47.5 Å². The number of benzene rings is 3. The number of carbonyl (C=O) groups excluding carboxylic acids is 2. The van der Waals surface area contributed by atoms with E-state index in [1.807, 2.05) is 6.07 Å². The number of amides is 2. The number of carbonyl (C=O) groups is 2. The van der Waals surface area contributed by atoms with E-state index in [2.05, 4.69) is 22.4 Å². The minimum atomic E-state index is -4.05. The SMILES string of the molecule is C=CCOc1cccc(/C=N\NC(=O)CN(Cc2ccccc2)S(=O)(=O)c2ccc(NC(C)=O)cc2)c1. The average Bonchev–Trinajstić information content (AvgIpc) is 2.88. The Bertz CT molecular complexity index is 1360. The van der Waals surface area contributed by atoms with Gasteiger partial charge in [-0.2, -0.15) is 9.41 Å². The molecule has 0 saturated heterocycles. The van der Waals surface area contributed by atoms with E-state index in [1.165, 1.54) is 37.4 Å². The number of sulfonamides is 1. The number of rotatable bonds is 12. The topological polar surface area (TPSA) is 117 Å². The Hall–Kier alpha value is -4.28. The van der Waals surface area contributed by atoms with Gasteiger partial charge in [-0.25, -0.2) is 13.8 Å². The highest BCUT2D eigenvalue weighted by Crippen LogP contribution is 2.20. The molecule has 2 N–H and O–H groups in total. The molecule has 0 aliphatic heterocycles. The van der Waals surface area contributed by atoms with Gasteiger partial charge in [0.2, 0.25) is 15.9 Å². The Kier molecular flexibility index (Phi) is 9.70. The molecule has 0 unspecified atom stereocenters. The maximum Gasteiger partial charge on any atom is 0.255 e. The number of ether oxygens (including phenoxy) is 1. The molecular weight excluding hydrogens is 492 g/mol. The molecule has 0 radical (unpaired) electrons. The molecule has 0 fully saturated rings. The van der Waals surface area contributed by atoms with Crippen molar-refractivity contribution in [3.63, 3.8) is 0 Å². The van der Waals surface area contributed by atoms with E-state index in [-0.39, 0.29) is 17.3 Å². The molecule has 10 heteroatoms. The van der Waals surface area contributed by atoms with Crippen LogP contribution in [-0.2, 0) is 26.2 Å². The molecule has 0 aliphatic rings. The first kappa shape index (κ1) is 27.3. The third-order valence-electron chi connectivity index (χ3n) is 4.96. The van der Waals surface area contributed by atoms with E-state index in [4.69, 9.17) is 4.74 Å². The molecular formula is C27H28N4O5S. The second-order valence-electron chi connectivity index (χ2n) is 7.93. The van der Waals surface area contributed by atoms with Crippen LogP contribution >= 0.6 is 0 Å². The lowest BCUT2D eigenvalue weighted by molar-refractivity contribution is -0.121. The second-order valence-corrected chi connectivity index (χ2v) is 9.87. The van der Waals surface area contributed by atoms with Gasteiger partial charge in [-0.3, -0.25) is 9.59 Å². The fourth-order valence-electron chi connectivity index (χ4n) is 3.29. The van der Waals surface area contributed by atoms with Crippen molar-refractivity contribution >= 4 is 33.7 Å². The normalized spacial score (nSPS) is 11.3. The minimum Gasteiger partial charge on any atom is -0.490 e. The molecule has 192 valence electrons. The maximum absolute atomic E-state index is 13.4. The summed E-state index contributed by atoms with van der Waals surface area (Å²) in [6, 6.07) is 21.8. The van der Waals surface area contributed by atoms with Crippen LogP contribution < -0.4 is 15.5 Å². The maximum atomic E-state index is 13.4. The molecule has 37 heavy (non-hydrogen) atoms. The summed E-state index contributed by atoms with van der Waals surface area (Å²) < 4.78 is 33.4. The fourth-order valence-corrected chi connectivity index (χ4v) is 4.67. The van der Waals surface area contributed by atoms with E-state index in [9.17, 15) is 18.0 Å². The van der Waals surface area contributed by atoms with Crippen molar-refractivity contribution in [1.29, 1.82) is 0 Å². The molecule has 0 aromatic heterocycles. The van der Waals surface area contributed by atoms with Crippen LogP contribution in [0.4, 0.5) is 5.69 Å². The molecule has 3 rings (SSSR count). The van der Waals surface area contributed by atoms with Crippen molar-refractivity contribution in [2.45, 2.75) is 18.4 Å². The third-order valence-corrected chi connectivity index (χ3v) is 6.77. The van der Waals surface area contributed by atoms with E-state index in [0.717, 1.165) is 4.31 Å². The first-order chi connectivity index (χ1) is 17.8. The van der Waals surface area contributed by atoms with Gasteiger partial charge in [0, 0.05) is 19.2 Å². The highest BCUT2D eigenvalue weighted by atomic mass is 32.2. The number of hydrogen-bond acceptors (Lipinski definition) is 6. The zero-order chi connectivity index (χ0) is 26.7. The Labute approximate surface area is 216 Å². The van der Waals surface area contributed by atoms with Crippen LogP contribution in [-0.4, -0.2) is 43.9 Å². The van der Waals surface area contributed by atoms with Gasteiger partial charge in [-0.15, -0.1) is 0 Å². The molecule has 3 aromatic carbocycles. The summed E-state index contributed by atoms with van der Waals surface area (Å²) in [5.74, 6) is -0.251. The van der Waals surface area contributed by atoms with Gasteiger partial charge in [0.25, 0.3) is 5.91 Å². The number of anilines is 1. The van der Waals surface area contributed by atoms with Crippen molar-refractivity contribution in [2.75, 3.05) is 18.5 Å². The lowest BCUT2D eigenvalue weighted by Crippen LogP contribution is -2.39. The van der Waals surface area contributed by atoms with Crippen molar-refractivity contribution in [3.05, 3.63) is 103 Å². The number of hydrogen-bond donors (Lipinski definition) is 2. The second kappa shape index (κ2) is 13.1. The molecule has 0 saturated carbocycles. The number of nitrogens with zero attached hydrogens (tertiary/aromatic N) is 2. The quantitative estimate of drug-likeness (QED) is 0.215. The average molecular weight is 521 g/mol. The Morgan fingerprint density at radius 1 is 1.03 bits per heavy atom. The highest BCUT2D eigenvalue weighted by Gasteiger charge is 2.27. The fraction of sp³-hybridized carbons (Fsp3) is 0.148. The third kappa shape index (κ3) is 8.41. The summed E-state index contributed by atoms with van der Waals surface area (Å²) in [5, 5.41) is 6.55. The predicted molar refractivity (Wildman–Crippen MR) is 143 cm³/mol. The van der Waals surface area contributed by atoms with Crippen LogP contribution in [0.15, 0.2) is 102 Å². The summed E-state index contributed by atoms with van der Waals surface area (Å²) in [5.41, 5.74) is 4.26. The lowest BCUT2D eigenvalue weighted by Gasteiger charge is -2.21. The van der Waals surface area contributed by atoms with Crippen LogP contribution in [0.25, 0.3) is 0 Å². The first-order valence-electron chi connectivity index (χ1n) is 11.4. The van der Waals surface area contributed by atoms with E-state index in [0.29, 0.717) is 29.2 Å². The van der Waals surface area contributed by atoms with E-state index >= 15 is 0 Å². The Morgan fingerprint density at radius 3 is 2.43 bits per heavy atom. The predicted octanol–water partition coefficient (Wildman–Crippen LogP) is 3.55. The molecule has 2 amide bonds. The van der Waals surface area contributed by atoms with Crippen LogP contribution in [0.3, 0.4) is 0 Å². The highest BCUT2D eigenvalue weighted by molar-refractivity contribution is 7.89. The van der Waals surface area contributed by atoms with Gasteiger partial charge in [0.1, 0.15) is 12.4 Å². The largest absolute Gasteiger partial charge is 0.490 e. The summed E-state index contributed by atoms with van der Waals surface area (Å²) >= 11 is 0. The zero-order valence-corrected chi connectivity index (χ0v) is 21.1. The van der Waals surface area contributed by atoms with Crippen LogP contribution in [0.2, 0.25) is 0 Å². The molecule has 3 aromatic rings. The number of hydrazone groups is 1. The van der Waals surface area contributed by atoms with E-state index in [1.54, 1.807) is 54.6 Å². The van der Waals surface area contributed by atoms with Gasteiger partial charge in [0.05, 0.1) is 17.7 Å². The van der Waals surface area contributed by atoms with Gasteiger partial charge < -0.3 is 10.1 Å². The van der Waals surface area contributed by atoms with Crippen LogP contribution in [0.1, 0.15) is 18.1 Å². The van der Waals surface area contributed by atoms with Gasteiger partial charge in [0.15, 0.2) is 0 Å². The van der Waals surface area contributed by atoms with Gasteiger partial charge in [-0.1, -0.05) is 55.1 Å². The van der Waals surface area contributed by atoms with Gasteiger partial charge >= 0.3 is 0 Å². The molecule has 0 spiro atoms. The Balaban J connectivity index is 1.74. The van der Waals surface area contributed by atoms with Crippen molar-refractivity contribution in [3.8, 4) is 5.75 Å². The number of nitrogens with one attached hydrogen (secondary N) is 2. The zero-order valence-electron chi connectivity index (χ0n) is 20.3. The monoisotopic (exact) mass is 520 g/mol. The van der Waals surface area contributed by atoms with Crippen molar-refractivity contribution < 1.29 is 22.7 Å². The van der Waals surface area contributed by atoms with Crippen molar-refractivity contribution in [2.24, 2.45) is 5.10 Å².